The molecule has 284 valence electrons. The van der Waals surface area contributed by atoms with E-state index in [0.29, 0.717) is 36.9 Å². The molecule has 3 aromatic rings. The van der Waals surface area contributed by atoms with Gasteiger partial charge in [-0.1, -0.05) is 48.5 Å². The van der Waals surface area contributed by atoms with Gasteiger partial charge in [-0.3, -0.25) is 29.6 Å². The first kappa shape index (κ1) is 38.8. The van der Waals surface area contributed by atoms with E-state index in [2.05, 4.69) is 31.6 Å². The molecule has 1 unspecified atom stereocenters. The van der Waals surface area contributed by atoms with Gasteiger partial charge in [0, 0.05) is 30.3 Å². The zero-order chi connectivity index (χ0) is 38.6. The molecule has 0 radical (unpaired) electrons. The fraction of sp³-hybridized carbons (Fsp3) is 0.342. The van der Waals surface area contributed by atoms with Crippen molar-refractivity contribution < 1.29 is 28.7 Å². The number of alkyl carbamates (subject to hydrolysis) is 1. The van der Waals surface area contributed by atoms with Crippen molar-refractivity contribution >= 4 is 47.2 Å². The number of hydrogen-bond donors (Lipinski definition) is 9. The number of rotatable bonds is 17. The second-order valence-electron chi connectivity index (χ2n) is 13.1. The van der Waals surface area contributed by atoms with Crippen LogP contribution in [0.5, 0.6) is 0 Å². The maximum Gasteiger partial charge on any atom is 0.407 e. The minimum atomic E-state index is -1.03. The van der Waals surface area contributed by atoms with E-state index >= 15 is 0 Å². The highest BCUT2D eigenvalue weighted by Crippen LogP contribution is 2.44. The molecule has 1 aliphatic carbocycles. The van der Waals surface area contributed by atoms with Crippen molar-refractivity contribution in [3.8, 4) is 11.1 Å². The summed E-state index contributed by atoms with van der Waals surface area (Å²) in [6.07, 6.45) is 0.994. The van der Waals surface area contributed by atoms with Crippen LogP contribution in [0, 0.1) is 5.41 Å². The first-order chi connectivity index (χ1) is 26.0. The lowest BCUT2D eigenvalue weighted by Crippen LogP contribution is -2.62. The van der Waals surface area contributed by atoms with Crippen LogP contribution in [-0.4, -0.2) is 79.3 Å². The summed E-state index contributed by atoms with van der Waals surface area (Å²) in [6, 6.07) is 19.6. The van der Waals surface area contributed by atoms with Gasteiger partial charge in [0.25, 0.3) is 0 Å². The molecule has 1 heterocycles. The fourth-order valence-electron chi connectivity index (χ4n) is 6.52. The second-order valence-corrected chi connectivity index (χ2v) is 13.1. The van der Waals surface area contributed by atoms with E-state index < -0.39 is 47.8 Å². The summed E-state index contributed by atoms with van der Waals surface area (Å²) in [5.41, 5.74) is 21.6. The summed E-state index contributed by atoms with van der Waals surface area (Å²) in [6.45, 7) is 0.627. The molecule has 1 aliphatic heterocycles. The summed E-state index contributed by atoms with van der Waals surface area (Å²) in [5.74, 6) is -2.07. The number of nitrogens with one attached hydrogen (secondary N) is 6. The van der Waals surface area contributed by atoms with Crippen LogP contribution in [0.2, 0.25) is 0 Å². The normalized spacial score (nSPS) is 16.4. The lowest BCUT2D eigenvalue weighted by molar-refractivity contribution is -0.138. The van der Waals surface area contributed by atoms with Crippen molar-refractivity contribution in [2.45, 2.75) is 62.6 Å². The third-order valence-electron chi connectivity index (χ3n) is 9.25. The summed E-state index contributed by atoms with van der Waals surface area (Å²) in [7, 11) is 0. The number of aliphatic imine (C=N–C) groups is 1. The Balaban J connectivity index is 1.05. The first-order valence-corrected chi connectivity index (χ1v) is 17.8. The standard InChI is InChI=1S/C38H46N10O6/c39-33(40)22-14-16-23(17-15-22)45-32(49)20-31-36(52)46-30(35(51)47-31)12-5-6-18-43-34(50)29(13-7-19-44-37(41)42)48-38(53)54-21-28-26-10-3-1-8-24(26)25-9-2-4-11-27(25)28/h1-4,8-11,14-17,28-31H,5-7,12-13,18-21H2,(H3,39,40)(H,43,50)(H,45,49)(H,46,52)(H,47,51)(H,48,53)(H4,41,42,44)/t29?,30-,31-/m0/s1. The zero-order valence-electron chi connectivity index (χ0n) is 29.7. The largest absolute Gasteiger partial charge is 0.449 e. The Kier molecular flexibility index (Phi) is 13.2. The minimum Gasteiger partial charge on any atom is -0.449 e. The van der Waals surface area contributed by atoms with Gasteiger partial charge in [0.1, 0.15) is 30.6 Å². The quantitative estimate of drug-likeness (QED) is 0.0551. The number of benzene rings is 3. The molecule has 0 spiro atoms. The Morgan fingerprint density at radius 1 is 0.833 bits per heavy atom. The van der Waals surface area contributed by atoms with Gasteiger partial charge in [0.2, 0.25) is 23.6 Å². The van der Waals surface area contributed by atoms with Crippen molar-refractivity contribution in [1.29, 1.82) is 5.41 Å². The molecule has 54 heavy (non-hydrogen) atoms. The van der Waals surface area contributed by atoms with Gasteiger partial charge in [-0.2, -0.15) is 0 Å². The van der Waals surface area contributed by atoms with Crippen LogP contribution in [0.1, 0.15) is 61.1 Å². The number of guanidine groups is 1. The van der Waals surface area contributed by atoms with Crippen molar-refractivity contribution in [3.63, 3.8) is 0 Å². The van der Waals surface area contributed by atoms with Crippen LogP contribution >= 0.6 is 0 Å². The highest BCUT2D eigenvalue weighted by molar-refractivity contribution is 6.01. The molecule has 3 atom stereocenters. The minimum absolute atomic E-state index is 0.0710. The van der Waals surface area contributed by atoms with E-state index in [-0.39, 0.29) is 50.3 Å². The molecule has 1 saturated heterocycles. The number of piperazine rings is 1. The van der Waals surface area contributed by atoms with Crippen molar-refractivity contribution in [1.82, 2.24) is 21.3 Å². The van der Waals surface area contributed by atoms with Crippen molar-refractivity contribution in [2.24, 2.45) is 22.2 Å². The molecule has 16 heteroatoms. The molecule has 3 aromatic carbocycles. The third kappa shape index (κ3) is 10.3. The van der Waals surface area contributed by atoms with Gasteiger partial charge < -0.3 is 48.5 Å². The number of amidine groups is 1. The number of anilines is 1. The number of fused-ring (bicyclic) bond motifs is 3. The highest BCUT2D eigenvalue weighted by Gasteiger charge is 2.34. The van der Waals surface area contributed by atoms with Gasteiger partial charge in [0.15, 0.2) is 5.96 Å². The summed E-state index contributed by atoms with van der Waals surface area (Å²) in [4.78, 5) is 68.1. The van der Waals surface area contributed by atoms with E-state index in [1.54, 1.807) is 24.3 Å². The van der Waals surface area contributed by atoms with Crippen LogP contribution < -0.4 is 43.8 Å². The number of carbonyl (C=O) groups is 5. The van der Waals surface area contributed by atoms with Crippen LogP contribution in [0.15, 0.2) is 77.8 Å². The molecule has 12 N–H and O–H groups in total. The van der Waals surface area contributed by atoms with Crippen molar-refractivity contribution in [2.75, 3.05) is 25.0 Å². The van der Waals surface area contributed by atoms with E-state index in [9.17, 15) is 24.0 Å². The lowest BCUT2D eigenvalue weighted by Gasteiger charge is -2.29. The predicted molar refractivity (Wildman–Crippen MR) is 203 cm³/mol. The zero-order valence-corrected chi connectivity index (χ0v) is 29.7. The molecule has 1 fully saturated rings. The Morgan fingerprint density at radius 3 is 2.11 bits per heavy atom. The molecule has 0 saturated carbocycles. The Labute approximate surface area is 312 Å². The van der Waals surface area contributed by atoms with Gasteiger partial charge in [0.05, 0.1) is 6.42 Å². The second kappa shape index (κ2) is 18.3. The number of nitrogens with two attached hydrogens (primary N) is 3. The Morgan fingerprint density at radius 2 is 1.46 bits per heavy atom. The lowest BCUT2D eigenvalue weighted by atomic mass is 9.98. The number of carbonyl (C=O) groups excluding carboxylic acids is 5. The number of unbranched alkanes of at least 4 members (excludes halogenated alkanes) is 1. The van der Waals surface area contributed by atoms with Crippen LogP contribution in [0.3, 0.4) is 0 Å². The average molecular weight is 739 g/mol. The average Bonchev–Trinajstić information content (AvgIpc) is 3.47. The van der Waals surface area contributed by atoms with Crippen LogP contribution in [-0.2, 0) is 23.9 Å². The monoisotopic (exact) mass is 738 g/mol. The SMILES string of the molecule is N=C(N)c1ccc(NC(=O)C[C@@H]2NC(=O)[C@H](CCCCNC(=O)C(CCCN=C(N)N)NC(=O)OCC3c4ccccc4-c4ccccc43)NC2=O)cc1. The number of nitrogen functional groups attached to an aromatic ring is 1. The molecule has 5 amide bonds. The number of nitrogens with zero attached hydrogens (tertiary/aromatic N) is 1. The number of ether oxygens (including phenoxy) is 1. The predicted octanol–water partition coefficient (Wildman–Crippen LogP) is 1.53. The van der Waals surface area contributed by atoms with Gasteiger partial charge in [-0.25, -0.2) is 4.79 Å². The van der Waals surface area contributed by atoms with Crippen molar-refractivity contribution in [3.05, 3.63) is 89.5 Å². The molecule has 0 aromatic heterocycles. The van der Waals surface area contributed by atoms with Gasteiger partial charge >= 0.3 is 6.09 Å². The Hall–Kier alpha value is -6.45. The number of amides is 5. The molecule has 0 bridgehead atoms. The smallest absolute Gasteiger partial charge is 0.407 e. The highest BCUT2D eigenvalue weighted by atomic mass is 16.5. The summed E-state index contributed by atoms with van der Waals surface area (Å²) < 4.78 is 5.66. The molecular formula is C38H46N10O6. The van der Waals surface area contributed by atoms with E-state index in [1.165, 1.54) is 0 Å². The molecular weight excluding hydrogens is 692 g/mol. The fourth-order valence-corrected chi connectivity index (χ4v) is 6.52. The van der Waals surface area contributed by atoms with Crippen LogP contribution in [0.25, 0.3) is 11.1 Å². The van der Waals surface area contributed by atoms with Crippen LogP contribution in [0.4, 0.5) is 10.5 Å². The van der Waals surface area contributed by atoms with E-state index in [4.69, 9.17) is 27.3 Å². The maximum atomic E-state index is 13.2. The number of hydrogen-bond acceptors (Lipinski definition) is 8. The topological polar surface area (TPSA) is 269 Å². The first-order valence-electron chi connectivity index (χ1n) is 17.8. The van der Waals surface area contributed by atoms with Gasteiger partial charge in [-0.15, -0.1) is 0 Å². The molecule has 2 aliphatic rings. The maximum absolute atomic E-state index is 13.2. The summed E-state index contributed by atoms with van der Waals surface area (Å²) in [5, 5.41) is 20.9. The molecule has 5 rings (SSSR count). The van der Waals surface area contributed by atoms with E-state index in [0.717, 1.165) is 22.3 Å². The summed E-state index contributed by atoms with van der Waals surface area (Å²) >= 11 is 0. The van der Waals surface area contributed by atoms with Gasteiger partial charge in [-0.05, 0) is 78.6 Å². The van der Waals surface area contributed by atoms with E-state index in [1.807, 2.05) is 48.5 Å². The molecule has 16 nitrogen and oxygen atoms in total. The Bertz CT molecular complexity index is 1850. The third-order valence-corrected chi connectivity index (χ3v) is 9.25.